The number of ether oxygens (including phenoxy) is 2. The Morgan fingerprint density at radius 3 is 2.80 bits per heavy atom. The number of hydrogen-bond acceptors (Lipinski definition) is 6. The fourth-order valence-corrected chi connectivity index (χ4v) is 4.45. The average molecular weight is 478 g/mol. The number of nitrogens with one attached hydrogen (secondary N) is 1. The Labute approximate surface area is 207 Å². The quantitative estimate of drug-likeness (QED) is 0.403. The van der Waals surface area contributed by atoms with Gasteiger partial charge in [-0.2, -0.15) is 5.10 Å². The number of carbonyl (C=O) groups excluding carboxylic acids is 1. The molecule has 1 fully saturated rings. The number of aryl methyl sites for hydroxylation is 1. The Hall–Kier alpha value is -3.36. The Morgan fingerprint density at radius 2 is 2.03 bits per heavy atom. The molecule has 0 atom stereocenters. The molecule has 35 heavy (non-hydrogen) atoms. The lowest BCUT2D eigenvalue weighted by Gasteiger charge is -2.26. The fourth-order valence-electron chi connectivity index (χ4n) is 4.45. The van der Waals surface area contributed by atoms with Crippen LogP contribution in [0.2, 0.25) is 0 Å². The highest BCUT2D eigenvalue weighted by molar-refractivity contribution is 5.81. The molecule has 1 amide bonds. The Kier molecular flexibility index (Phi) is 8.39. The molecule has 1 aromatic heterocycles. The van der Waals surface area contributed by atoms with E-state index in [-0.39, 0.29) is 0 Å². The first-order chi connectivity index (χ1) is 17.1. The molecule has 8 nitrogen and oxygen atoms in total. The number of para-hydroxylation sites is 1. The van der Waals surface area contributed by atoms with Crippen molar-refractivity contribution in [2.75, 3.05) is 45.2 Å². The first-order valence-electron chi connectivity index (χ1n) is 12.3. The number of amides is 1. The maximum Gasteiger partial charge on any atom is 0.211 e. The fraction of sp³-hybridized carbons (Fsp3) is 0.407. The van der Waals surface area contributed by atoms with Crippen molar-refractivity contribution in [3.8, 4) is 5.69 Å². The summed E-state index contributed by atoms with van der Waals surface area (Å²) in [6.07, 6.45) is 8.94. The van der Waals surface area contributed by atoms with Gasteiger partial charge in [0.1, 0.15) is 11.6 Å². The molecule has 2 aliphatic rings. The van der Waals surface area contributed by atoms with Crippen LogP contribution in [-0.4, -0.2) is 60.5 Å². The molecule has 0 saturated carbocycles. The molecule has 0 radical (unpaired) electrons. The summed E-state index contributed by atoms with van der Waals surface area (Å²) in [5.41, 5.74) is 11.9. The SMILES string of the molecule is CCc1ccccc1-n1nc(C2=C(NC=O)CC=C(OCCCN3CCOCC3)C=C2)c(C)c1N. The van der Waals surface area contributed by atoms with Crippen LogP contribution in [0, 0.1) is 6.92 Å². The number of morpholine rings is 1. The highest BCUT2D eigenvalue weighted by Crippen LogP contribution is 2.31. The number of carbonyl (C=O) groups is 1. The summed E-state index contributed by atoms with van der Waals surface area (Å²) in [5.74, 6) is 1.37. The largest absolute Gasteiger partial charge is 0.494 e. The monoisotopic (exact) mass is 477 g/mol. The Balaban J connectivity index is 1.52. The summed E-state index contributed by atoms with van der Waals surface area (Å²) >= 11 is 0. The van der Waals surface area contributed by atoms with E-state index in [4.69, 9.17) is 20.3 Å². The molecule has 8 heteroatoms. The highest BCUT2D eigenvalue weighted by Gasteiger charge is 2.20. The second-order valence-electron chi connectivity index (χ2n) is 8.71. The van der Waals surface area contributed by atoms with Crippen molar-refractivity contribution < 1.29 is 14.3 Å². The van der Waals surface area contributed by atoms with E-state index in [2.05, 4.69) is 23.2 Å². The predicted molar refractivity (Wildman–Crippen MR) is 138 cm³/mol. The van der Waals surface area contributed by atoms with Gasteiger partial charge in [-0.3, -0.25) is 9.69 Å². The molecule has 4 rings (SSSR count). The molecule has 2 heterocycles. The zero-order chi connectivity index (χ0) is 24.6. The third-order valence-corrected chi connectivity index (χ3v) is 6.49. The van der Waals surface area contributed by atoms with Gasteiger partial charge >= 0.3 is 0 Å². The molecule has 1 saturated heterocycles. The molecule has 3 N–H and O–H groups in total. The maximum absolute atomic E-state index is 11.4. The van der Waals surface area contributed by atoms with Gasteiger partial charge in [0.25, 0.3) is 0 Å². The Bertz CT molecular complexity index is 1130. The number of aromatic nitrogens is 2. The highest BCUT2D eigenvalue weighted by atomic mass is 16.5. The van der Waals surface area contributed by atoms with Crippen molar-refractivity contribution in [2.45, 2.75) is 33.1 Å². The minimum Gasteiger partial charge on any atom is -0.494 e. The van der Waals surface area contributed by atoms with Crippen LogP contribution in [0.3, 0.4) is 0 Å². The molecule has 1 aromatic carbocycles. The summed E-state index contributed by atoms with van der Waals surface area (Å²) in [7, 11) is 0. The predicted octanol–water partition coefficient (Wildman–Crippen LogP) is 3.37. The summed E-state index contributed by atoms with van der Waals surface area (Å²) in [6.45, 7) is 9.28. The third kappa shape index (κ3) is 5.83. The number of benzene rings is 1. The minimum absolute atomic E-state index is 0.525. The number of rotatable bonds is 10. The van der Waals surface area contributed by atoms with Gasteiger partial charge in [0.05, 0.1) is 31.2 Å². The van der Waals surface area contributed by atoms with Crippen LogP contribution in [0.1, 0.15) is 36.6 Å². The smallest absolute Gasteiger partial charge is 0.211 e. The van der Waals surface area contributed by atoms with Crippen molar-refractivity contribution in [1.82, 2.24) is 20.0 Å². The minimum atomic E-state index is 0.525. The van der Waals surface area contributed by atoms with E-state index >= 15 is 0 Å². The van der Waals surface area contributed by atoms with Crippen LogP contribution in [0.25, 0.3) is 11.3 Å². The Morgan fingerprint density at radius 1 is 1.23 bits per heavy atom. The molecule has 0 bridgehead atoms. The lowest BCUT2D eigenvalue weighted by atomic mass is 10.1. The second-order valence-corrected chi connectivity index (χ2v) is 8.71. The van der Waals surface area contributed by atoms with Gasteiger partial charge in [-0.1, -0.05) is 25.1 Å². The molecule has 0 spiro atoms. The third-order valence-electron chi connectivity index (χ3n) is 6.49. The van der Waals surface area contributed by atoms with Crippen LogP contribution in [-0.2, 0) is 20.7 Å². The van der Waals surface area contributed by atoms with Gasteiger partial charge in [-0.25, -0.2) is 4.68 Å². The van der Waals surface area contributed by atoms with E-state index in [0.717, 1.165) is 79.7 Å². The normalized spacial score (nSPS) is 16.7. The molecular weight excluding hydrogens is 442 g/mol. The first-order valence-corrected chi connectivity index (χ1v) is 12.3. The van der Waals surface area contributed by atoms with Gasteiger partial charge in [0.15, 0.2) is 0 Å². The van der Waals surface area contributed by atoms with E-state index in [1.54, 1.807) is 4.68 Å². The van der Waals surface area contributed by atoms with E-state index in [1.807, 2.05) is 43.4 Å². The number of nitrogen functional groups attached to an aromatic ring is 1. The number of nitrogens with zero attached hydrogens (tertiary/aromatic N) is 3. The van der Waals surface area contributed by atoms with Crippen molar-refractivity contribution in [3.05, 3.63) is 70.8 Å². The van der Waals surface area contributed by atoms with Crippen molar-refractivity contribution in [2.24, 2.45) is 0 Å². The standard InChI is InChI=1S/C27H35N5O3/c1-3-21-7-4-5-8-25(21)32-27(28)20(2)26(30-32)23-11-9-22(10-12-24(23)29-19-33)35-16-6-13-31-14-17-34-18-15-31/h4-5,7-11,19H,3,6,12-18,28H2,1-2H3,(H,29,33). The van der Waals surface area contributed by atoms with Gasteiger partial charge in [-0.05, 0) is 49.6 Å². The lowest BCUT2D eigenvalue weighted by molar-refractivity contribution is -0.108. The van der Waals surface area contributed by atoms with E-state index in [0.29, 0.717) is 25.3 Å². The van der Waals surface area contributed by atoms with Crippen LogP contribution < -0.4 is 11.1 Å². The zero-order valence-electron chi connectivity index (χ0n) is 20.6. The van der Waals surface area contributed by atoms with Gasteiger partial charge in [-0.15, -0.1) is 0 Å². The molecule has 0 unspecified atom stereocenters. The van der Waals surface area contributed by atoms with Crippen molar-refractivity contribution >= 4 is 17.8 Å². The van der Waals surface area contributed by atoms with Gasteiger partial charge < -0.3 is 20.5 Å². The second kappa shape index (κ2) is 11.9. The number of allylic oxidation sites excluding steroid dienone is 4. The van der Waals surface area contributed by atoms with Crippen LogP contribution in [0.4, 0.5) is 5.82 Å². The molecular formula is C27H35N5O3. The average Bonchev–Trinajstić information content (AvgIpc) is 3.05. The first kappa shape index (κ1) is 24.8. The number of hydrogen-bond donors (Lipinski definition) is 2. The van der Waals surface area contributed by atoms with Gasteiger partial charge in [0, 0.05) is 42.9 Å². The molecule has 186 valence electrons. The van der Waals surface area contributed by atoms with Crippen LogP contribution in [0.15, 0.2) is 53.9 Å². The zero-order valence-corrected chi connectivity index (χ0v) is 20.6. The topological polar surface area (TPSA) is 94.6 Å². The van der Waals surface area contributed by atoms with E-state index in [1.165, 1.54) is 5.56 Å². The number of anilines is 1. The number of nitrogens with two attached hydrogens (primary N) is 1. The van der Waals surface area contributed by atoms with Crippen LogP contribution >= 0.6 is 0 Å². The van der Waals surface area contributed by atoms with Crippen molar-refractivity contribution in [3.63, 3.8) is 0 Å². The summed E-state index contributed by atoms with van der Waals surface area (Å²) in [6, 6.07) is 8.12. The summed E-state index contributed by atoms with van der Waals surface area (Å²) in [5, 5.41) is 7.75. The van der Waals surface area contributed by atoms with E-state index in [9.17, 15) is 4.79 Å². The van der Waals surface area contributed by atoms with Gasteiger partial charge in [0.2, 0.25) is 6.41 Å². The molecule has 2 aromatic rings. The van der Waals surface area contributed by atoms with Crippen molar-refractivity contribution in [1.29, 1.82) is 0 Å². The summed E-state index contributed by atoms with van der Waals surface area (Å²) < 4.78 is 13.2. The summed E-state index contributed by atoms with van der Waals surface area (Å²) in [4.78, 5) is 13.8. The molecule has 1 aliphatic carbocycles. The lowest BCUT2D eigenvalue weighted by Crippen LogP contribution is -2.37. The van der Waals surface area contributed by atoms with E-state index < -0.39 is 0 Å². The van der Waals surface area contributed by atoms with Crippen LogP contribution in [0.5, 0.6) is 0 Å². The molecule has 1 aliphatic heterocycles. The maximum atomic E-state index is 11.4.